The van der Waals surface area contributed by atoms with Gasteiger partial charge in [0.2, 0.25) is 5.82 Å². The molecule has 2 aromatic carbocycles. The van der Waals surface area contributed by atoms with Crippen LogP contribution in [-0.4, -0.2) is 33.8 Å². The highest BCUT2D eigenvalue weighted by atomic mass is 19.4. The van der Waals surface area contributed by atoms with Gasteiger partial charge in [0.05, 0.1) is 5.56 Å². The minimum absolute atomic E-state index is 0.0512. The minimum atomic E-state index is -4.43. The van der Waals surface area contributed by atoms with Gasteiger partial charge >= 0.3 is 12.1 Å². The molecular formula is C31H32F3N5O2. The summed E-state index contributed by atoms with van der Waals surface area (Å²) in [5, 5.41) is 9.74. The number of nitrogens with two attached hydrogens (primary N) is 1. The van der Waals surface area contributed by atoms with Crippen molar-refractivity contribution in [2.24, 2.45) is 5.92 Å². The first-order valence-corrected chi connectivity index (χ1v) is 14.1. The Kier molecular flexibility index (Phi) is 7.09. The third kappa shape index (κ3) is 5.23. The molecular weight excluding hydrogens is 531 g/mol. The number of fused-ring (bicyclic) bond motifs is 1. The smallest absolute Gasteiger partial charge is 0.416 e. The van der Waals surface area contributed by atoms with E-state index in [1.54, 1.807) is 0 Å². The van der Waals surface area contributed by atoms with Crippen LogP contribution in [0.2, 0.25) is 0 Å². The number of carboxylic acids is 1. The molecule has 1 unspecified atom stereocenters. The Morgan fingerprint density at radius 3 is 2.34 bits per heavy atom. The summed E-state index contributed by atoms with van der Waals surface area (Å²) in [7, 11) is 0. The number of carboxylic acid groups (broad SMARTS) is 1. The van der Waals surface area contributed by atoms with E-state index in [1.807, 2.05) is 18.2 Å². The highest BCUT2D eigenvalue weighted by Gasteiger charge is 2.44. The van der Waals surface area contributed by atoms with E-state index in [0.717, 1.165) is 43.4 Å². The van der Waals surface area contributed by atoms with Crippen molar-refractivity contribution in [2.45, 2.75) is 63.8 Å². The maximum Gasteiger partial charge on any atom is 0.416 e. The van der Waals surface area contributed by atoms with E-state index in [0.29, 0.717) is 29.5 Å². The minimum Gasteiger partial charge on any atom is -0.475 e. The lowest BCUT2D eigenvalue weighted by Crippen LogP contribution is -2.45. The van der Waals surface area contributed by atoms with Gasteiger partial charge in [-0.15, -0.1) is 0 Å². The zero-order valence-corrected chi connectivity index (χ0v) is 22.6. The number of anilines is 3. The second-order valence-corrected chi connectivity index (χ2v) is 11.1. The lowest BCUT2D eigenvalue weighted by Gasteiger charge is -2.36. The number of allylic oxidation sites excluding steroid dienone is 1. The molecule has 2 heterocycles. The summed E-state index contributed by atoms with van der Waals surface area (Å²) in [4.78, 5) is 24.8. The van der Waals surface area contributed by atoms with Crippen LogP contribution in [0.3, 0.4) is 0 Å². The molecule has 1 atom stereocenters. The number of rotatable bonds is 8. The van der Waals surface area contributed by atoms with Crippen LogP contribution in [0.25, 0.3) is 5.57 Å². The summed E-state index contributed by atoms with van der Waals surface area (Å²) in [6.07, 6.45) is 2.46. The van der Waals surface area contributed by atoms with E-state index in [1.165, 1.54) is 42.5 Å². The van der Waals surface area contributed by atoms with Crippen molar-refractivity contribution in [1.82, 2.24) is 9.97 Å². The van der Waals surface area contributed by atoms with Crippen molar-refractivity contribution in [3.05, 3.63) is 82.7 Å². The highest BCUT2D eigenvalue weighted by molar-refractivity contribution is 5.91. The van der Waals surface area contributed by atoms with Gasteiger partial charge in [0.1, 0.15) is 11.9 Å². The zero-order chi connectivity index (χ0) is 28.7. The predicted molar refractivity (Wildman–Crippen MR) is 151 cm³/mol. The summed E-state index contributed by atoms with van der Waals surface area (Å²) >= 11 is 0. The quantitative estimate of drug-likeness (QED) is 0.313. The molecule has 1 aromatic heterocycles. The average molecular weight is 564 g/mol. The third-order valence-corrected chi connectivity index (χ3v) is 8.57. The van der Waals surface area contributed by atoms with Crippen LogP contribution in [0.1, 0.15) is 72.3 Å². The van der Waals surface area contributed by atoms with E-state index in [9.17, 15) is 23.1 Å². The topological polar surface area (TPSA) is 95.6 Å². The van der Waals surface area contributed by atoms with Crippen molar-refractivity contribution in [3.8, 4) is 0 Å². The van der Waals surface area contributed by atoms with E-state index < -0.39 is 17.7 Å². The maximum absolute atomic E-state index is 13.3. The Labute approximate surface area is 236 Å². The second-order valence-electron chi connectivity index (χ2n) is 11.1. The van der Waals surface area contributed by atoms with Crippen LogP contribution in [0, 0.1) is 5.92 Å². The van der Waals surface area contributed by atoms with Crippen molar-refractivity contribution in [2.75, 3.05) is 22.1 Å². The lowest BCUT2D eigenvalue weighted by molar-refractivity contribution is -0.137. The zero-order valence-electron chi connectivity index (χ0n) is 22.6. The van der Waals surface area contributed by atoms with Crippen LogP contribution in [0.5, 0.6) is 0 Å². The van der Waals surface area contributed by atoms with E-state index >= 15 is 0 Å². The fourth-order valence-corrected chi connectivity index (χ4v) is 6.33. The van der Waals surface area contributed by atoms with Gasteiger partial charge < -0.3 is 20.6 Å². The first-order valence-electron chi connectivity index (χ1n) is 14.1. The largest absolute Gasteiger partial charge is 0.475 e. The summed E-state index contributed by atoms with van der Waals surface area (Å²) in [6, 6.07) is 15.4. The van der Waals surface area contributed by atoms with Gasteiger partial charge in [0, 0.05) is 13.1 Å². The van der Waals surface area contributed by atoms with Crippen molar-refractivity contribution in [3.63, 3.8) is 0 Å². The SMILES string of the molecule is Nc1nc(C(=O)O)nc2c1N(Cc1ccc(C(F)(F)F)cc1)C(C1=C(c3ccccc3)CCC1)N2CCC1CCC1. The normalized spacial score (nSPS) is 19.0. The second kappa shape index (κ2) is 10.7. The lowest BCUT2D eigenvalue weighted by atomic mass is 9.83. The van der Waals surface area contributed by atoms with Crippen molar-refractivity contribution < 1.29 is 23.1 Å². The van der Waals surface area contributed by atoms with Gasteiger partial charge in [0.25, 0.3) is 0 Å². The first kappa shape index (κ1) is 27.1. The Balaban J connectivity index is 1.48. The number of nitrogen functional groups attached to an aromatic ring is 1. The van der Waals surface area contributed by atoms with Gasteiger partial charge in [-0.3, -0.25) is 0 Å². The number of halogens is 3. The number of hydrogen-bond donors (Lipinski definition) is 2. The molecule has 6 rings (SSSR count). The van der Waals surface area contributed by atoms with E-state index in [4.69, 9.17) is 5.73 Å². The molecule has 0 radical (unpaired) electrons. The number of alkyl halides is 3. The van der Waals surface area contributed by atoms with Crippen LogP contribution >= 0.6 is 0 Å². The van der Waals surface area contributed by atoms with Gasteiger partial charge in [-0.2, -0.15) is 13.2 Å². The number of carbonyl (C=O) groups is 1. The fourth-order valence-electron chi connectivity index (χ4n) is 6.33. The van der Waals surface area contributed by atoms with Gasteiger partial charge in [0.15, 0.2) is 11.6 Å². The van der Waals surface area contributed by atoms with Crippen LogP contribution in [0.15, 0.2) is 60.2 Å². The van der Waals surface area contributed by atoms with Gasteiger partial charge in [-0.1, -0.05) is 61.7 Å². The fraction of sp³-hybridized carbons (Fsp3) is 0.387. The van der Waals surface area contributed by atoms with E-state index in [-0.39, 0.29) is 24.4 Å². The standard InChI is InChI=1S/C31H32F3N5O2/c32-31(33,34)22-14-12-20(13-15-22)18-39-25-26(35)36-27(30(40)41)37-28(25)38(17-16-19-6-4-7-19)29(39)24-11-5-10-23(24)21-8-2-1-3-9-21/h1-3,8-9,12-15,19,29H,4-7,10-11,16-18H2,(H,40,41)(H2,35,36,37). The molecule has 0 saturated heterocycles. The van der Waals surface area contributed by atoms with Crippen LogP contribution < -0.4 is 15.5 Å². The summed E-state index contributed by atoms with van der Waals surface area (Å²) in [5.41, 5.74) is 10.5. The summed E-state index contributed by atoms with van der Waals surface area (Å²) in [6.45, 7) is 0.925. The molecule has 214 valence electrons. The Hall–Kier alpha value is -4.08. The molecule has 7 nitrogen and oxygen atoms in total. The Morgan fingerprint density at radius 2 is 1.71 bits per heavy atom. The number of aromatic nitrogens is 2. The molecule has 3 aromatic rings. The summed E-state index contributed by atoms with van der Waals surface area (Å²) in [5.74, 6) is -0.504. The molecule has 3 N–H and O–H groups in total. The average Bonchev–Trinajstić information content (AvgIpc) is 3.51. The Bertz CT molecular complexity index is 1470. The first-order chi connectivity index (χ1) is 19.7. The predicted octanol–water partition coefficient (Wildman–Crippen LogP) is 6.76. The van der Waals surface area contributed by atoms with Crippen LogP contribution in [0.4, 0.5) is 30.5 Å². The number of aromatic carboxylic acids is 1. The molecule has 2 aliphatic carbocycles. The van der Waals surface area contributed by atoms with E-state index in [2.05, 4.69) is 31.9 Å². The maximum atomic E-state index is 13.3. The van der Waals surface area contributed by atoms with Gasteiger partial charge in [-0.05, 0) is 66.0 Å². The number of hydrogen-bond acceptors (Lipinski definition) is 6. The molecule has 0 amide bonds. The molecule has 0 spiro atoms. The van der Waals surface area contributed by atoms with Crippen LogP contribution in [-0.2, 0) is 12.7 Å². The van der Waals surface area contributed by atoms with Gasteiger partial charge in [-0.25, -0.2) is 14.8 Å². The number of benzene rings is 2. The summed E-state index contributed by atoms with van der Waals surface area (Å²) < 4.78 is 39.8. The molecule has 41 heavy (non-hydrogen) atoms. The molecule has 0 bridgehead atoms. The monoisotopic (exact) mass is 563 g/mol. The Morgan fingerprint density at radius 1 is 0.976 bits per heavy atom. The molecule has 1 aliphatic heterocycles. The third-order valence-electron chi connectivity index (χ3n) is 8.57. The molecule has 1 fully saturated rings. The molecule has 3 aliphatic rings. The number of nitrogens with zero attached hydrogens (tertiary/aromatic N) is 4. The molecule has 10 heteroatoms. The highest BCUT2D eigenvalue weighted by Crippen LogP contribution is 2.49. The van der Waals surface area contributed by atoms with Crippen molar-refractivity contribution in [1.29, 1.82) is 0 Å². The molecule has 1 saturated carbocycles. The van der Waals surface area contributed by atoms with Crippen molar-refractivity contribution >= 4 is 28.9 Å².